The predicted octanol–water partition coefficient (Wildman–Crippen LogP) is 4.96. The van der Waals surface area contributed by atoms with Crippen LogP contribution in [-0.2, 0) is 0 Å². The molecule has 18 heavy (non-hydrogen) atoms. The molecular weight excluding hydrogens is 250 g/mol. The van der Waals surface area contributed by atoms with E-state index in [2.05, 4.69) is 10.0 Å². The molecule has 0 amide bonds. The molecule has 4 nitrogen and oxygen atoms in total. The first-order valence-electron chi connectivity index (χ1n) is 5.27. The fourth-order valence-electron chi connectivity index (χ4n) is 1.76. The van der Waals surface area contributed by atoms with Crippen molar-refractivity contribution >= 4 is 17.3 Å². The molecule has 0 aliphatic carbocycles. The molecule has 0 unspecified atom stereocenters. The molecule has 0 aliphatic rings. The van der Waals surface area contributed by atoms with Gasteiger partial charge in [0.25, 0.3) is 0 Å². The zero-order valence-electron chi connectivity index (χ0n) is 9.63. The second-order valence-corrected chi connectivity index (χ2v) is 4.20. The van der Waals surface area contributed by atoms with E-state index < -0.39 is 0 Å². The summed E-state index contributed by atoms with van der Waals surface area (Å²) in [5.41, 5.74) is 10.9. The summed E-state index contributed by atoms with van der Waals surface area (Å²) in [6, 6.07) is 10.5. The molecular formula is C13H10ClN3O. The average Bonchev–Trinajstić information content (AvgIpc) is 2.36. The molecule has 0 bridgehead atoms. The van der Waals surface area contributed by atoms with Gasteiger partial charge in [-0.05, 0) is 29.6 Å². The Bertz CT molecular complexity index is 649. The Kier molecular flexibility index (Phi) is 3.42. The van der Waals surface area contributed by atoms with E-state index >= 15 is 0 Å². The van der Waals surface area contributed by atoms with E-state index in [9.17, 15) is 5.11 Å². The van der Waals surface area contributed by atoms with E-state index in [0.717, 1.165) is 5.56 Å². The Morgan fingerprint density at radius 1 is 1.17 bits per heavy atom. The third-order valence-corrected chi connectivity index (χ3v) is 2.96. The van der Waals surface area contributed by atoms with Crippen molar-refractivity contribution in [2.75, 3.05) is 0 Å². The van der Waals surface area contributed by atoms with Gasteiger partial charge in [0.1, 0.15) is 5.75 Å². The fourth-order valence-corrected chi connectivity index (χ4v) is 1.97. The molecule has 2 aromatic carbocycles. The lowest BCUT2D eigenvalue weighted by molar-refractivity contribution is 0.473. The molecule has 5 heteroatoms. The summed E-state index contributed by atoms with van der Waals surface area (Å²) < 4.78 is 0. The van der Waals surface area contributed by atoms with Gasteiger partial charge in [-0.25, -0.2) is 0 Å². The molecule has 0 aromatic heterocycles. The first-order chi connectivity index (χ1) is 8.65. The van der Waals surface area contributed by atoms with Gasteiger partial charge in [-0.3, -0.25) is 0 Å². The minimum Gasteiger partial charge on any atom is -0.507 e. The smallest absolute Gasteiger partial charge is 0.126 e. The highest BCUT2D eigenvalue weighted by Crippen LogP contribution is 2.41. The van der Waals surface area contributed by atoms with Gasteiger partial charge in [0.05, 0.1) is 10.7 Å². The number of phenolic OH excluding ortho intramolecular Hbond substituents is 1. The Balaban J connectivity index is 2.75. The summed E-state index contributed by atoms with van der Waals surface area (Å²) in [7, 11) is 0. The Hall–Kier alpha value is -2.16. The van der Waals surface area contributed by atoms with Crippen LogP contribution in [0.5, 0.6) is 5.75 Å². The van der Waals surface area contributed by atoms with Crippen molar-refractivity contribution in [1.82, 2.24) is 0 Å². The molecule has 2 rings (SSSR count). The van der Waals surface area contributed by atoms with Gasteiger partial charge in [0.15, 0.2) is 0 Å². The summed E-state index contributed by atoms with van der Waals surface area (Å²) in [5.74, 6) is 0.161. The molecule has 0 aliphatic heterocycles. The van der Waals surface area contributed by atoms with Crippen molar-refractivity contribution in [3.05, 3.63) is 57.4 Å². The van der Waals surface area contributed by atoms with Crippen LogP contribution in [0, 0.1) is 6.92 Å². The maximum absolute atomic E-state index is 10.1. The van der Waals surface area contributed by atoms with E-state index in [0.29, 0.717) is 21.8 Å². The summed E-state index contributed by atoms with van der Waals surface area (Å²) in [4.78, 5) is 2.76. The highest BCUT2D eigenvalue weighted by molar-refractivity contribution is 6.33. The SMILES string of the molecule is Cc1cccc(-c2cccc(Cl)c2N=[N+]=[N-])c1O. The van der Waals surface area contributed by atoms with Crippen LogP contribution in [0.4, 0.5) is 5.69 Å². The molecule has 0 atom stereocenters. The number of rotatable bonds is 2. The second-order valence-electron chi connectivity index (χ2n) is 3.80. The molecule has 0 saturated heterocycles. The van der Waals surface area contributed by atoms with Gasteiger partial charge in [0, 0.05) is 10.5 Å². The van der Waals surface area contributed by atoms with Gasteiger partial charge in [-0.1, -0.05) is 47.0 Å². The topological polar surface area (TPSA) is 69.0 Å². The van der Waals surface area contributed by atoms with Crippen LogP contribution in [0.3, 0.4) is 0 Å². The normalized spacial score (nSPS) is 9.89. The fraction of sp³-hybridized carbons (Fsp3) is 0.0769. The van der Waals surface area contributed by atoms with E-state index in [4.69, 9.17) is 17.1 Å². The second kappa shape index (κ2) is 5.00. The molecule has 0 heterocycles. The van der Waals surface area contributed by atoms with Crippen LogP contribution < -0.4 is 0 Å². The van der Waals surface area contributed by atoms with Gasteiger partial charge >= 0.3 is 0 Å². The number of hydrogen-bond donors (Lipinski definition) is 1. The molecule has 1 N–H and O–H groups in total. The summed E-state index contributed by atoms with van der Waals surface area (Å²) in [6.07, 6.45) is 0. The Morgan fingerprint density at radius 2 is 1.83 bits per heavy atom. The minimum atomic E-state index is 0.161. The van der Waals surface area contributed by atoms with E-state index in [-0.39, 0.29) is 5.75 Å². The van der Waals surface area contributed by atoms with Crippen molar-refractivity contribution < 1.29 is 5.11 Å². The van der Waals surface area contributed by atoms with E-state index in [1.807, 2.05) is 6.07 Å². The molecule has 0 radical (unpaired) electrons. The van der Waals surface area contributed by atoms with Crippen molar-refractivity contribution in [3.8, 4) is 16.9 Å². The zero-order valence-corrected chi connectivity index (χ0v) is 10.4. The van der Waals surface area contributed by atoms with Crippen molar-refractivity contribution in [2.45, 2.75) is 6.92 Å². The largest absolute Gasteiger partial charge is 0.507 e. The summed E-state index contributed by atoms with van der Waals surface area (Å²) in [6.45, 7) is 1.80. The lowest BCUT2D eigenvalue weighted by Crippen LogP contribution is -1.83. The van der Waals surface area contributed by atoms with Crippen LogP contribution in [-0.4, -0.2) is 5.11 Å². The first-order valence-corrected chi connectivity index (χ1v) is 5.65. The Labute approximate surface area is 109 Å². The third kappa shape index (κ3) is 2.12. The molecule has 90 valence electrons. The van der Waals surface area contributed by atoms with Crippen LogP contribution in [0.25, 0.3) is 21.6 Å². The van der Waals surface area contributed by atoms with Crippen molar-refractivity contribution in [1.29, 1.82) is 0 Å². The zero-order chi connectivity index (χ0) is 13.1. The monoisotopic (exact) mass is 259 g/mol. The number of nitrogens with zero attached hydrogens (tertiary/aromatic N) is 3. The van der Waals surface area contributed by atoms with Gasteiger partial charge in [-0.15, -0.1) is 0 Å². The number of hydrogen-bond acceptors (Lipinski definition) is 2. The highest BCUT2D eigenvalue weighted by Gasteiger charge is 2.12. The average molecular weight is 260 g/mol. The van der Waals surface area contributed by atoms with Gasteiger partial charge < -0.3 is 5.11 Å². The summed E-state index contributed by atoms with van der Waals surface area (Å²) >= 11 is 6.00. The summed E-state index contributed by atoms with van der Waals surface area (Å²) in [5, 5.41) is 14.0. The van der Waals surface area contributed by atoms with Crippen LogP contribution in [0.1, 0.15) is 5.56 Å². The number of halogens is 1. The molecule has 0 fully saturated rings. The van der Waals surface area contributed by atoms with E-state index in [1.165, 1.54) is 0 Å². The molecule has 0 spiro atoms. The Morgan fingerprint density at radius 3 is 2.56 bits per heavy atom. The maximum atomic E-state index is 10.1. The third-order valence-electron chi connectivity index (χ3n) is 2.66. The molecule has 0 saturated carbocycles. The number of aromatic hydroxyl groups is 1. The number of benzene rings is 2. The number of aryl methyl sites for hydroxylation is 1. The van der Waals surface area contributed by atoms with Crippen molar-refractivity contribution in [2.24, 2.45) is 5.11 Å². The van der Waals surface area contributed by atoms with Crippen LogP contribution >= 0.6 is 11.6 Å². The highest BCUT2D eigenvalue weighted by atomic mass is 35.5. The number of para-hydroxylation sites is 1. The quantitative estimate of drug-likeness (QED) is 0.462. The van der Waals surface area contributed by atoms with Crippen LogP contribution in [0.2, 0.25) is 5.02 Å². The first kappa shape index (κ1) is 12.3. The van der Waals surface area contributed by atoms with E-state index in [1.54, 1.807) is 37.3 Å². The predicted molar refractivity (Wildman–Crippen MR) is 72.1 cm³/mol. The standard InChI is InChI=1S/C13H10ClN3O/c1-8-4-2-6-10(13(8)18)9-5-3-7-11(14)12(9)16-17-15/h2-7,18H,1H3. The number of azide groups is 1. The van der Waals surface area contributed by atoms with Crippen LogP contribution in [0.15, 0.2) is 41.5 Å². The maximum Gasteiger partial charge on any atom is 0.126 e. The number of phenols is 1. The lowest BCUT2D eigenvalue weighted by atomic mass is 10.0. The molecule has 2 aromatic rings. The minimum absolute atomic E-state index is 0.161. The van der Waals surface area contributed by atoms with Gasteiger partial charge in [-0.2, -0.15) is 0 Å². The lowest BCUT2D eigenvalue weighted by Gasteiger charge is -2.10. The van der Waals surface area contributed by atoms with Gasteiger partial charge in [0.2, 0.25) is 0 Å². The van der Waals surface area contributed by atoms with Crippen molar-refractivity contribution in [3.63, 3.8) is 0 Å².